The van der Waals surface area contributed by atoms with Crippen LogP contribution in [0.3, 0.4) is 0 Å². The van der Waals surface area contributed by atoms with Crippen molar-refractivity contribution in [3.8, 4) is 0 Å². The molecule has 1 saturated heterocycles. The topological polar surface area (TPSA) is 66.5 Å². The fourth-order valence-electron chi connectivity index (χ4n) is 1.31. The van der Waals surface area contributed by atoms with Crippen LogP contribution in [0.25, 0.3) is 0 Å². The number of hydrogen-bond acceptors (Lipinski definition) is 4. The maximum absolute atomic E-state index is 11.6. The molecule has 0 saturated carbocycles. The van der Waals surface area contributed by atoms with E-state index in [1.165, 1.54) is 16.1 Å². The molecular weight excluding hydrogens is 284 g/mol. The number of rotatable bonds is 5. The van der Waals surface area contributed by atoms with E-state index in [-0.39, 0.29) is 23.0 Å². The lowest BCUT2D eigenvalue weighted by atomic mass is 10.2. The summed E-state index contributed by atoms with van der Waals surface area (Å²) in [5.41, 5.74) is 0. The molecule has 7 heteroatoms. The van der Waals surface area contributed by atoms with E-state index < -0.39 is 11.0 Å². The summed E-state index contributed by atoms with van der Waals surface area (Å²) in [5, 5.41) is 2.56. The van der Waals surface area contributed by atoms with E-state index in [0.29, 0.717) is 18.1 Å². The van der Waals surface area contributed by atoms with Crippen LogP contribution in [0.1, 0.15) is 27.7 Å². The normalized spacial score (nSPS) is 22.2. The Hall–Kier alpha value is -0.560. The Labute approximate surface area is 122 Å². The summed E-state index contributed by atoms with van der Waals surface area (Å²) in [6, 6.07) is 0. The number of amides is 2. The minimum atomic E-state index is -1.17. The third-order valence-corrected chi connectivity index (χ3v) is 5.26. The van der Waals surface area contributed by atoms with Crippen molar-refractivity contribution in [3.63, 3.8) is 0 Å². The van der Waals surface area contributed by atoms with Gasteiger partial charge >= 0.3 is 0 Å². The van der Waals surface area contributed by atoms with E-state index in [0.717, 1.165) is 0 Å². The zero-order valence-corrected chi connectivity index (χ0v) is 13.9. The molecular formula is C12H24N2O3S2. The van der Waals surface area contributed by atoms with Crippen molar-refractivity contribution < 1.29 is 13.8 Å². The fourth-order valence-corrected chi connectivity index (χ4v) is 3.87. The first-order valence-corrected chi connectivity index (χ1v) is 8.81. The van der Waals surface area contributed by atoms with Crippen LogP contribution in [0, 0.1) is 5.92 Å². The predicted octanol–water partition coefficient (Wildman–Crippen LogP) is 1.02. The molecule has 0 aromatic heterocycles. The molecule has 19 heavy (non-hydrogen) atoms. The van der Waals surface area contributed by atoms with Gasteiger partial charge in [0.05, 0.1) is 11.0 Å². The second-order valence-corrected chi connectivity index (χ2v) is 6.96. The molecule has 2 amide bonds. The quantitative estimate of drug-likeness (QED) is 0.770. The summed E-state index contributed by atoms with van der Waals surface area (Å²) in [4.78, 5) is 22.8. The lowest BCUT2D eigenvalue weighted by Gasteiger charge is -2.09. The van der Waals surface area contributed by atoms with Crippen LogP contribution in [0.15, 0.2) is 0 Å². The smallest absolute Gasteiger partial charge is 0.248 e. The van der Waals surface area contributed by atoms with E-state index >= 15 is 0 Å². The van der Waals surface area contributed by atoms with Crippen LogP contribution >= 0.6 is 11.8 Å². The van der Waals surface area contributed by atoms with Gasteiger partial charge in [-0.05, 0) is 0 Å². The summed E-state index contributed by atoms with van der Waals surface area (Å²) in [6.07, 6.45) is 0. The summed E-state index contributed by atoms with van der Waals surface area (Å²) >= 11 is 1.45. The van der Waals surface area contributed by atoms with Crippen LogP contribution in [0.5, 0.6) is 0 Å². The van der Waals surface area contributed by atoms with E-state index in [2.05, 4.69) is 5.32 Å². The van der Waals surface area contributed by atoms with Gasteiger partial charge in [-0.25, -0.2) is 4.21 Å². The average molecular weight is 308 g/mol. The van der Waals surface area contributed by atoms with E-state index in [9.17, 15) is 13.8 Å². The largest absolute Gasteiger partial charge is 0.355 e. The predicted molar refractivity (Wildman–Crippen MR) is 81.2 cm³/mol. The average Bonchev–Trinajstić information content (AvgIpc) is 2.64. The first kappa shape index (κ1) is 18.4. The van der Waals surface area contributed by atoms with Gasteiger partial charge < -0.3 is 5.32 Å². The maximum Gasteiger partial charge on any atom is 0.248 e. The van der Waals surface area contributed by atoms with Crippen molar-refractivity contribution in [2.24, 2.45) is 5.92 Å². The van der Waals surface area contributed by atoms with Crippen LogP contribution in [-0.2, 0) is 20.6 Å². The number of carbonyl (C=O) groups is 2. The summed E-state index contributed by atoms with van der Waals surface area (Å²) in [5.74, 6) is 0.970. The van der Waals surface area contributed by atoms with Gasteiger partial charge in [-0.3, -0.25) is 13.9 Å². The lowest BCUT2D eigenvalue weighted by Crippen LogP contribution is -2.30. The van der Waals surface area contributed by atoms with Crippen LogP contribution in [-0.4, -0.2) is 50.7 Å². The Bertz CT molecular complexity index is 335. The molecule has 1 heterocycles. The van der Waals surface area contributed by atoms with Crippen molar-refractivity contribution in [1.82, 2.24) is 9.62 Å². The lowest BCUT2D eigenvalue weighted by molar-refractivity contribution is -0.124. The summed E-state index contributed by atoms with van der Waals surface area (Å²) < 4.78 is 12.6. The van der Waals surface area contributed by atoms with Gasteiger partial charge in [-0.2, -0.15) is 0 Å². The Balaban J connectivity index is 0.00000154. The molecule has 0 spiro atoms. The third kappa shape index (κ3) is 5.95. The third-order valence-electron chi connectivity index (χ3n) is 2.43. The second kappa shape index (κ2) is 9.36. The maximum atomic E-state index is 11.6. The molecule has 2 unspecified atom stereocenters. The highest BCUT2D eigenvalue weighted by molar-refractivity contribution is 8.02. The van der Waals surface area contributed by atoms with Crippen molar-refractivity contribution in [2.75, 3.05) is 25.1 Å². The number of carbonyl (C=O) groups excluding carboxylic acids is 2. The Morgan fingerprint density at radius 1 is 1.53 bits per heavy atom. The van der Waals surface area contributed by atoms with Gasteiger partial charge in [0.25, 0.3) is 0 Å². The van der Waals surface area contributed by atoms with Gasteiger partial charge in [0.1, 0.15) is 11.0 Å². The van der Waals surface area contributed by atoms with Crippen molar-refractivity contribution in [2.45, 2.75) is 32.9 Å². The number of nitrogens with one attached hydrogen (secondary N) is 1. The summed E-state index contributed by atoms with van der Waals surface area (Å²) in [7, 11) is 0.381. The van der Waals surface area contributed by atoms with Crippen LogP contribution in [0.4, 0.5) is 0 Å². The Morgan fingerprint density at radius 2 is 2.11 bits per heavy atom. The van der Waals surface area contributed by atoms with E-state index in [1.807, 2.05) is 27.7 Å². The first-order valence-electron chi connectivity index (χ1n) is 6.49. The zero-order chi connectivity index (χ0) is 15.0. The highest BCUT2D eigenvalue weighted by atomic mass is 32.2. The molecule has 0 radical (unpaired) electrons. The second-order valence-electron chi connectivity index (χ2n) is 4.13. The molecule has 0 aromatic rings. The molecule has 1 fully saturated rings. The van der Waals surface area contributed by atoms with Crippen LogP contribution < -0.4 is 5.32 Å². The SMILES string of the molecule is CC.CC(C)C(=O)NCCSC1CS(=O)N(C)C1=O. The first-order chi connectivity index (χ1) is 8.93. The molecule has 2 atom stereocenters. The van der Waals surface area contributed by atoms with Gasteiger partial charge in [0.15, 0.2) is 0 Å². The number of nitrogens with zero attached hydrogens (tertiary/aromatic N) is 1. The fraction of sp³-hybridized carbons (Fsp3) is 0.833. The standard InChI is InChI=1S/C10H18N2O3S2.C2H6/c1-7(2)9(13)11-4-5-16-8-6-17(15)12(3)10(8)14;1-2/h7-8H,4-6H2,1-3H3,(H,11,13);1-2H3. The van der Waals surface area contributed by atoms with Crippen molar-refractivity contribution in [3.05, 3.63) is 0 Å². The highest BCUT2D eigenvalue weighted by Gasteiger charge is 2.35. The molecule has 1 rings (SSSR count). The zero-order valence-electron chi connectivity index (χ0n) is 12.3. The van der Waals surface area contributed by atoms with Crippen LogP contribution in [0.2, 0.25) is 0 Å². The van der Waals surface area contributed by atoms with Crippen molar-refractivity contribution >= 4 is 34.6 Å². The molecule has 1 N–H and O–H groups in total. The Kier molecular flexibility index (Phi) is 9.08. The van der Waals surface area contributed by atoms with Gasteiger partial charge in [0, 0.05) is 25.3 Å². The molecule has 5 nitrogen and oxygen atoms in total. The van der Waals surface area contributed by atoms with E-state index in [4.69, 9.17) is 0 Å². The minimum absolute atomic E-state index is 0.0176. The molecule has 0 bridgehead atoms. The van der Waals surface area contributed by atoms with E-state index in [1.54, 1.807) is 7.05 Å². The minimum Gasteiger partial charge on any atom is -0.355 e. The van der Waals surface area contributed by atoms with Gasteiger partial charge in [-0.1, -0.05) is 27.7 Å². The molecule has 0 aliphatic carbocycles. The molecule has 112 valence electrons. The van der Waals surface area contributed by atoms with Gasteiger partial charge in [-0.15, -0.1) is 11.8 Å². The number of hydrogen-bond donors (Lipinski definition) is 1. The Morgan fingerprint density at radius 3 is 2.53 bits per heavy atom. The van der Waals surface area contributed by atoms with Gasteiger partial charge in [0.2, 0.25) is 11.8 Å². The van der Waals surface area contributed by atoms with Crippen molar-refractivity contribution in [1.29, 1.82) is 0 Å². The molecule has 1 aliphatic rings. The number of thioether (sulfide) groups is 1. The summed E-state index contributed by atoms with van der Waals surface area (Å²) in [6.45, 7) is 8.21. The molecule has 0 aromatic carbocycles. The highest BCUT2D eigenvalue weighted by Crippen LogP contribution is 2.21. The molecule has 1 aliphatic heterocycles. The monoisotopic (exact) mass is 308 g/mol.